The lowest BCUT2D eigenvalue weighted by molar-refractivity contribution is -0.141. The van der Waals surface area contributed by atoms with Gasteiger partial charge >= 0.3 is 0 Å². The predicted molar refractivity (Wildman–Crippen MR) is 127 cm³/mol. The molecule has 2 aromatic carbocycles. The fourth-order valence-corrected chi connectivity index (χ4v) is 3.81. The number of benzene rings is 2. The number of nitrogens with one attached hydrogen (secondary N) is 1. The molecule has 0 bridgehead atoms. The lowest BCUT2D eigenvalue weighted by atomic mass is 10.1. The average molecular weight is 481 g/mol. The summed E-state index contributed by atoms with van der Waals surface area (Å²) in [6, 6.07) is 11.8. The fraction of sp³-hybridized carbons (Fsp3) is 0.417. The molecule has 8 heteroatoms. The summed E-state index contributed by atoms with van der Waals surface area (Å²) in [5.41, 5.74) is 0.626. The molecule has 0 saturated carbocycles. The normalized spacial score (nSPS) is 11.5. The summed E-state index contributed by atoms with van der Waals surface area (Å²) >= 11 is 12.7. The minimum atomic E-state index is -0.614. The van der Waals surface area contributed by atoms with Gasteiger partial charge in [-0.25, -0.2) is 0 Å². The Morgan fingerprint density at radius 2 is 1.66 bits per heavy atom. The first-order valence-corrected chi connectivity index (χ1v) is 11.4. The summed E-state index contributed by atoms with van der Waals surface area (Å²) in [5.74, 6) is 1.10. The number of likely N-dealkylation sites (N-methyl/N-ethyl adjacent to an activating group) is 1. The minimum absolute atomic E-state index is 0.155. The van der Waals surface area contributed by atoms with Crippen LogP contribution in [-0.2, 0) is 16.1 Å². The van der Waals surface area contributed by atoms with Crippen LogP contribution in [0.3, 0.4) is 0 Å². The lowest BCUT2D eigenvalue weighted by Crippen LogP contribution is -2.49. The van der Waals surface area contributed by atoms with Crippen LogP contribution < -0.4 is 14.8 Å². The largest absolute Gasteiger partial charge is 0.497 e. The molecule has 6 nitrogen and oxygen atoms in total. The SMILES string of the molecule is CCNC(=O)C(CC)N(Cc1c(Cl)cccc1Cl)C(=O)CCCOc1ccc(OC)cc1. The van der Waals surface area contributed by atoms with Crippen molar-refractivity contribution in [1.29, 1.82) is 0 Å². The maximum atomic E-state index is 13.2. The van der Waals surface area contributed by atoms with E-state index in [2.05, 4.69) is 5.32 Å². The van der Waals surface area contributed by atoms with Gasteiger partial charge in [-0.3, -0.25) is 9.59 Å². The van der Waals surface area contributed by atoms with Crippen LogP contribution in [0.4, 0.5) is 0 Å². The van der Waals surface area contributed by atoms with Gasteiger partial charge in [0.05, 0.1) is 13.7 Å². The van der Waals surface area contributed by atoms with Crippen molar-refractivity contribution in [3.63, 3.8) is 0 Å². The Morgan fingerprint density at radius 1 is 1.03 bits per heavy atom. The molecule has 0 aliphatic rings. The zero-order valence-corrected chi connectivity index (χ0v) is 20.2. The van der Waals surface area contributed by atoms with Gasteiger partial charge in [-0.2, -0.15) is 0 Å². The highest BCUT2D eigenvalue weighted by Gasteiger charge is 2.29. The molecule has 0 saturated heterocycles. The van der Waals surface area contributed by atoms with E-state index in [-0.39, 0.29) is 24.8 Å². The number of hydrogen-bond donors (Lipinski definition) is 1. The van der Waals surface area contributed by atoms with E-state index in [4.69, 9.17) is 32.7 Å². The van der Waals surface area contributed by atoms with Crippen molar-refractivity contribution in [3.8, 4) is 11.5 Å². The average Bonchev–Trinajstić information content (AvgIpc) is 2.79. The topological polar surface area (TPSA) is 67.9 Å². The number of rotatable bonds is 12. The second-order valence-electron chi connectivity index (χ2n) is 7.17. The van der Waals surface area contributed by atoms with Crippen LogP contribution in [0, 0.1) is 0 Å². The van der Waals surface area contributed by atoms with Crippen LogP contribution in [0.15, 0.2) is 42.5 Å². The quantitative estimate of drug-likeness (QED) is 0.428. The van der Waals surface area contributed by atoms with Crippen LogP contribution in [0.25, 0.3) is 0 Å². The van der Waals surface area contributed by atoms with Crippen LogP contribution >= 0.6 is 23.2 Å². The zero-order valence-electron chi connectivity index (χ0n) is 18.7. The van der Waals surface area contributed by atoms with E-state index in [9.17, 15) is 9.59 Å². The Kier molecular flexibility index (Phi) is 10.6. The van der Waals surface area contributed by atoms with Crippen molar-refractivity contribution in [2.75, 3.05) is 20.3 Å². The number of hydrogen-bond acceptors (Lipinski definition) is 4. The van der Waals surface area contributed by atoms with E-state index in [1.165, 1.54) is 0 Å². The molecule has 1 atom stereocenters. The summed E-state index contributed by atoms with van der Waals surface area (Å²) in [5, 5.41) is 3.74. The van der Waals surface area contributed by atoms with Crippen molar-refractivity contribution >= 4 is 35.0 Å². The predicted octanol–water partition coefficient (Wildman–Crippen LogP) is 5.10. The van der Waals surface area contributed by atoms with Crippen LogP contribution in [-0.4, -0.2) is 43.0 Å². The molecular weight excluding hydrogens is 451 g/mol. The number of carbonyl (C=O) groups is 2. The lowest BCUT2D eigenvalue weighted by Gasteiger charge is -2.31. The number of methoxy groups -OCH3 is 1. The van der Waals surface area contributed by atoms with Gasteiger partial charge < -0.3 is 19.7 Å². The minimum Gasteiger partial charge on any atom is -0.497 e. The Labute approximate surface area is 199 Å². The van der Waals surface area contributed by atoms with Crippen LogP contribution in [0.1, 0.15) is 38.7 Å². The second-order valence-corrected chi connectivity index (χ2v) is 7.98. The van der Waals surface area contributed by atoms with Crippen LogP contribution in [0.2, 0.25) is 10.0 Å². The van der Waals surface area contributed by atoms with Gasteiger partial charge in [0.25, 0.3) is 0 Å². The number of amides is 2. The fourth-order valence-electron chi connectivity index (χ4n) is 3.29. The highest BCUT2D eigenvalue weighted by atomic mass is 35.5. The van der Waals surface area contributed by atoms with E-state index < -0.39 is 6.04 Å². The van der Waals surface area contributed by atoms with Gasteiger partial charge in [-0.1, -0.05) is 36.2 Å². The molecule has 2 aromatic rings. The van der Waals surface area contributed by atoms with Crippen molar-refractivity contribution in [1.82, 2.24) is 10.2 Å². The first kappa shape index (κ1) is 25.8. The smallest absolute Gasteiger partial charge is 0.242 e. The Bertz CT molecular complexity index is 870. The molecule has 2 amide bonds. The summed E-state index contributed by atoms with van der Waals surface area (Å²) in [6.45, 7) is 4.74. The molecule has 0 heterocycles. The number of halogens is 2. The number of carbonyl (C=O) groups excluding carboxylic acids is 2. The van der Waals surface area contributed by atoms with Gasteiger partial charge in [0.2, 0.25) is 11.8 Å². The third kappa shape index (κ3) is 7.31. The zero-order chi connectivity index (χ0) is 23.5. The maximum Gasteiger partial charge on any atom is 0.242 e. The molecule has 0 aliphatic heterocycles. The highest BCUT2D eigenvalue weighted by molar-refractivity contribution is 6.36. The Hall–Kier alpha value is -2.44. The molecule has 32 heavy (non-hydrogen) atoms. The molecular formula is C24H30Cl2N2O4. The monoisotopic (exact) mass is 480 g/mol. The summed E-state index contributed by atoms with van der Waals surface area (Å²) in [7, 11) is 1.60. The summed E-state index contributed by atoms with van der Waals surface area (Å²) in [6.07, 6.45) is 1.21. The van der Waals surface area contributed by atoms with Gasteiger partial charge in [-0.15, -0.1) is 0 Å². The first-order valence-electron chi connectivity index (χ1n) is 10.7. The second kappa shape index (κ2) is 13.2. The third-order valence-corrected chi connectivity index (χ3v) is 5.70. The van der Waals surface area contributed by atoms with E-state index in [0.29, 0.717) is 47.4 Å². The van der Waals surface area contributed by atoms with Gasteiger partial charge in [0.15, 0.2) is 0 Å². The Morgan fingerprint density at radius 3 is 2.22 bits per heavy atom. The first-order chi connectivity index (χ1) is 15.4. The molecule has 1 N–H and O–H groups in total. The molecule has 0 fully saturated rings. The van der Waals surface area contributed by atoms with Crippen molar-refractivity contribution in [2.24, 2.45) is 0 Å². The molecule has 0 aliphatic carbocycles. The van der Waals surface area contributed by atoms with E-state index in [1.807, 2.05) is 38.1 Å². The van der Waals surface area contributed by atoms with E-state index >= 15 is 0 Å². The molecule has 1 unspecified atom stereocenters. The Balaban J connectivity index is 2.07. The number of nitrogens with zero attached hydrogens (tertiary/aromatic N) is 1. The van der Waals surface area contributed by atoms with Crippen molar-refractivity contribution in [3.05, 3.63) is 58.1 Å². The molecule has 2 rings (SSSR count). The molecule has 0 spiro atoms. The van der Waals surface area contributed by atoms with Gasteiger partial charge in [-0.05, 0) is 56.2 Å². The molecule has 174 valence electrons. The van der Waals surface area contributed by atoms with E-state index in [1.54, 1.807) is 30.2 Å². The summed E-state index contributed by atoms with van der Waals surface area (Å²) < 4.78 is 10.8. The van der Waals surface area contributed by atoms with Gasteiger partial charge in [0.1, 0.15) is 17.5 Å². The summed E-state index contributed by atoms with van der Waals surface area (Å²) in [4.78, 5) is 27.4. The maximum absolute atomic E-state index is 13.2. The van der Waals surface area contributed by atoms with E-state index in [0.717, 1.165) is 5.75 Å². The standard InChI is InChI=1S/C24H30Cl2N2O4/c1-4-22(24(30)27-5-2)28(16-19-20(25)8-6-9-21(19)26)23(29)10-7-15-32-18-13-11-17(31-3)12-14-18/h6,8-9,11-14,22H,4-5,7,10,15-16H2,1-3H3,(H,27,30). The highest BCUT2D eigenvalue weighted by Crippen LogP contribution is 2.27. The van der Waals surface area contributed by atoms with Crippen LogP contribution in [0.5, 0.6) is 11.5 Å². The number of ether oxygens (including phenoxy) is 2. The molecule has 0 aromatic heterocycles. The van der Waals surface area contributed by atoms with Crippen molar-refractivity contribution < 1.29 is 19.1 Å². The third-order valence-electron chi connectivity index (χ3n) is 4.99. The van der Waals surface area contributed by atoms with Gasteiger partial charge in [0, 0.05) is 35.1 Å². The molecule has 0 radical (unpaired) electrons. The van der Waals surface area contributed by atoms with Crippen molar-refractivity contribution in [2.45, 2.75) is 45.7 Å².